The van der Waals surface area contributed by atoms with Gasteiger partial charge in [0.05, 0.1) is 6.61 Å². The maximum Gasteiger partial charge on any atom is 0.407 e. The van der Waals surface area contributed by atoms with E-state index in [0.29, 0.717) is 0 Å². The lowest BCUT2D eigenvalue weighted by atomic mass is 10.1. The largest absolute Gasteiger partial charge is 0.518 e. The Labute approximate surface area is 145 Å². The number of hydrogen-bond donors (Lipinski definition) is 2. The van der Waals surface area contributed by atoms with E-state index in [1.54, 1.807) is 0 Å². The molecule has 1 atom stereocenters. The number of carbonyl (C=O) groups is 3. The Bertz CT molecular complexity index is 458. The van der Waals surface area contributed by atoms with Crippen molar-refractivity contribution in [3.05, 3.63) is 0 Å². The van der Waals surface area contributed by atoms with Gasteiger partial charge in [-0.3, -0.25) is 9.59 Å². The Morgan fingerprint density at radius 2 is 1.71 bits per heavy atom. The second-order valence-electron chi connectivity index (χ2n) is 7.88. The maximum absolute atomic E-state index is 12.5. The molecule has 0 aliphatic carbocycles. The van der Waals surface area contributed by atoms with Gasteiger partial charge in [0, 0.05) is 6.42 Å². The maximum atomic E-state index is 12.5. The van der Waals surface area contributed by atoms with Gasteiger partial charge in [-0.15, -0.1) is 0 Å². The summed E-state index contributed by atoms with van der Waals surface area (Å²) in [4.78, 5) is 35.3. The van der Waals surface area contributed by atoms with Crippen LogP contribution in [0.1, 0.15) is 47.5 Å². The van der Waals surface area contributed by atoms with E-state index in [9.17, 15) is 14.4 Å². The molecule has 3 N–H and O–H groups in total. The number of nitrogens with two attached hydrogens (primary N) is 1. The Hall–Kier alpha value is -1.57. The first kappa shape index (κ1) is 22.4. The van der Waals surface area contributed by atoms with Gasteiger partial charge in [-0.25, -0.2) is 4.79 Å². The van der Waals surface area contributed by atoms with Crippen molar-refractivity contribution in [2.24, 2.45) is 11.7 Å². The highest BCUT2D eigenvalue weighted by Gasteiger charge is 2.41. The van der Waals surface area contributed by atoms with Crippen LogP contribution in [0.15, 0.2) is 0 Å². The SMILES string of the molecule is CC(C)COC(=O)NC(CCC(N)=O)C(=O)O[Si](C)(C)C(C)(C)C. The standard InChI is InChI=1S/C16H32N2O5Si/c1-11(2)10-22-15(21)18-12(8-9-13(17)19)14(20)23-24(6,7)16(3,4)5/h11-12H,8-10H2,1-7H3,(H2,17,19)(H,18,21). The zero-order chi connectivity index (χ0) is 19.1. The first-order valence-electron chi connectivity index (χ1n) is 8.20. The predicted molar refractivity (Wildman–Crippen MR) is 94.8 cm³/mol. The summed E-state index contributed by atoms with van der Waals surface area (Å²) in [5.41, 5.74) is 5.14. The molecule has 0 bridgehead atoms. The third kappa shape index (κ3) is 8.33. The minimum Gasteiger partial charge on any atom is -0.518 e. The molecule has 7 nitrogen and oxygen atoms in total. The van der Waals surface area contributed by atoms with Crippen molar-refractivity contribution in [3.63, 3.8) is 0 Å². The number of primary amides is 1. The zero-order valence-electron chi connectivity index (χ0n) is 15.9. The van der Waals surface area contributed by atoms with E-state index in [1.165, 1.54) is 0 Å². The predicted octanol–water partition coefficient (Wildman–Crippen LogP) is 2.55. The van der Waals surface area contributed by atoms with Crippen molar-refractivity contribution >= 4 is 26.3 Å². The van der Waals surface area contributed by atoms with Crippen LogP contribution in [0.25, 0.3) is 0 Å². The number of amides is 2. The lowest BCUT2D eigenvalue weighted by molar-refractivity contribution is -0.138. The molecule has 0 saturated heterocycles. The highest BCUT2D eigenvalue weighted by molar-refractivity contribution is 6.75. The van der Waals surface area contributed by atoms with Gasteiger partial charge in [-0.2, -0.15) is 0 Å². The molecule has 8 heteroatoms. The molecule has 0 aliphatic heterocycles. The molecule has 0 rings (SSSR count). The van der Waals surface area contributed by atoms with Crippen molar-refractivity contribution in [1.29, 1.82) is 0 Å². The molecule has 0 fully saturated rings. The molecule has 2 amide bonds. The summed E-state index contributed by atoms with van der Waals surface area (Å²) in [5, 5.41) is 2.32. The second kappa shape index (κ2) is 9.05. The van der Waals surface area contributed by atoms with Crippen LogP contribution in [0.3, 0.4) is 0 Å². The third-order valence-electron chi connectivity index (χ3n) is 3.97. The molecule has 0 aliphatic rings. The minimum absolute atomic E-state index is 0.0261. The fraction of sp³-hybridized carbons (Fsp3) is 0.812. The molecule has 0 heterocycles. The lowest BCUT2D eigenvalue weighted by Crippen LogP contribution is -2.49. The fourth-order valence-electron chi connectivity index (χ4n) is 1.44. The van der Waals surface area contributed by atoms with Gasteiger partial charge in [0.1, 0.15) is 6.04 Å². The van der Waals surface area contributed by atoms with Crippen molar-refractivity contribution in [1.82, 2.24) is 5.32 Å². The molecule has 140 valence electrons. The Morgan fingerprint density at radius 3 is 2.12 bits per heavy atom. The number of ether oxygens (including phenoxy) is 1. The van der Waals surface area contributed by atoms with Crippen LogP contribution in [0.2, 0.25) is 18.1 Å². The molecule has 0 aromatic heterocycles. The van der Waals surface area contributed by atoms with Crippen molar-refractivity contribution in [3.8, 4) is 0 Å². The second-order valence-corrected chi connectivity index (χ2v) is 12.6. The quantitative estimate of drug-likeness (QED) is 0.647. The van der Waals surface area contributed by atoms with Gasteiger partial charge < -0.3 is 20.2 Å². The first-order chi connectivity index (χ1) is 10.8. The van der Waals surface area contributed by atoms with E-state index >= 15 is 0 Å². The summed E-state index contributed by atoms with van der Waals surface area (Å²) < 4.78 is 10.7. The molecular formula is C16H32N2O5Si. The summed E-state index contributed by atoms with van der Waals surface area (Å²) in [6.45, 7) is 14.0. The lowest BCUT2D eigenvalue weighted by Gasteiger charge is -2.36. The minimum atomic E-state index is -2.33. The summed E-state index contributed by atoms with van der Waals surface area (Å²) >= 11 is 0. The van der Waals surface area contributed by atoms with E-state index < -0.39 is 32.3 Å². The molecule has 0 spiro atoms. The van der Waals surface area contributed by atoms with Gasteiger partial charge >= 0.3 is 12.1 Å². The van der Waals surface area contributed by atoms with Crippen LogP contribution < -0.4 is 11.1 Å². The molecular weight excluding hydrogens is 328 g/mol. The van der Waals surface area contributed by atoms with E-state index in [0.717, 1.165) is 0 Å². The zero-order valence-corrected chi connectivity index (χ0v) is 16.9. The molecule has 0 saturated carbocycles. The summed E-state index contributed by atoms with van der Waals surface area (Å²) in [5.74, 6) is -0.916. The number of carbonyl (C=O) groups excluding carboxylic acids is 3. The van der Waals surface area contributed by atoms with Gasteiger partial charge in [0.2, 0.25) is 5.91 Å². The van der Waals surface area contributed by atoms with Gasteiger partial charge in [-0.1, -0.05) is 34.6 Å². The average Bonchev–Trinajstić information content (AvgIpc) is 2.38. The Morgan fingerprint density at radius 1 is 1.17 bits per heavy atom. The van der Waals surface area contributed by atoms with E-state index in [-0.39, 0.29) is 30.4 Å². The average molecular weight is 361 g/mol. The van der Waals surface area contributed by atoms with Crippen LogP contribution in [-0.2, 0) is 18.8 Å². The van der Waals surface area contributed by atoms with Crippen molar-refractivity contribution < 1.29 is 23.5 Å². The Kier molecular flexibility index (Phi) is 8.46. The summed E-state index contributed by atoms with van der Waals surface area (Å²) in [7, 11) is -2.33. The van der Waals surface area contributed by atoms with Gasteiger partial charge in [0.15, 0.2) is 0 Å². The van der Waals surface area contributed by atoms with Gasteiger partial charge in [0.25, 0.3) is 8.32 Å². The highest BCUT2D eigenvalue weighted by Crippen LogP contribution is 2.36. The molecule has 0 aromatic carbocycles. The Balaban J connectivity index is 4.95. The number of alkyl carbamates (subject to hydrolysis) is 1. The molecule has 1 unspecified atom stereocenters. The first-order valence-corrected chi connectivity index (χ1v) is 11.1. The van der Waals surface area contributed by atoms with Crippen LogP contribution in [-0.4, -0.2) is 38.9 Å². The van der Waals surface area contributed by atoms with Crippen molar-refractivity contribution in [2.45, 2.75) is 71.6 Å². The van der Waals surface area contributed by atoms with E-state index in [4.69, 9.17) is 14.9 Å². The normalized spacial score (nSPS) is 13.3. The van der Waals surface area contributed by atoms with Crippen molar-refractivity contribution in [2.75, 3.05) is 6.61 Å². The van der Waals surface area contributed by atoms with E-state index in [2.05, 4.69) is 5.32 Å². The monoisotopic (exact) mass is 360 g/mol. The number of hydrogen-bond acceptors (Lipinski definition) is 5. The smallest absolute Gasteiger partial charge is 0.407 e. The van der Waals surface area contributed by atoms with Crippen LogP contribution in [0.5, 0.6) is 0 Å². The van der Waals surface area contributed by atoms with Crippen LogP contribution in [0, 0.1) is 5.92 Å². The topological polar surface area (TPSA) is 108 Å². The summed E-state index contributed by atoms with van der Waals surface area (Å²) in [6.07, 6.45) is -0.647. The highest BCUT2D eigenvalue weighted by atomic mass is 28.4. The number of rotatable bonds is 8. The fourth-order valence-corrected chi connectivity index (χ4v) is 2.39. The van der Waals surface area contributed by atoms with Gasteiger partial charge in [-0.05, 0) is 30.5 Å². The summed E-state index contributed by atoms with van der Waals surface area (Å²) in [6, 6.07) is -0.953. The molecule has 0 radical (unpaired) electrons. The van der Waals surface area contributed by atoms with Crippen LogP contribution >= 0.6 is 0 Å². The number of nitrogens with one attached hydrogen (secondary N) is 1. The van der Waals surface area contributed by atoms with E-state index in [1.807, 2.05) is 47.7 Å². The van der Waals surface area contributed by atoms with Crippen LogP contribution in [0.4, 0.5) is 4.79 Å². The molecule has 24 heavy (non-hydrogen) atoms. The third-order valence-corrected chi connectivity index (χ3v) is 8.29. The molecule has 0 aromatic rings.